The summed E-state index contributed by atoms with van der Waals surface area (Å²) in [6, 6.07) is 22.2. The normalized spacial score (nSPS) is 12.3. The zero-order valence-corrected chi connectivity index (χ0v) is 21.0. The number of hydrogen-bond acceptors (Lipinski definition) is 6. The van der Waals surface area contributed by atoms with Gasteiger partial charge in [-0.25, -0.2) is 4.79 Å². The van der Waals surface area contributed by atoms with E-state index in [1.807, 2.05) is 6.07 Å². The van der Waals surface area contributed by atoms with Crippen LogP contribution in [0.25, 0.3) is 21.2 Å². The van der Waals surface area contributed by atoms with Gasteiger partial charge in [-0.1, -0.05) is 36.4 Å². The Morgan fingerprint density at radius 2 is 1.83 bits per heavy atom. The number of aliphatic hydroxyl groups excluding tert-OH is 1. The molecule has 36 heavy (non-hydrogen) atoms. The van der Waals surface area contributed by atoms with Crippen molar-refractivity contribution < 1.29 is 19.7 Å². The Morgan fingerprint density at radius 1 is 1.11 bits per heavy atom. The molecule has 7 heteroatoms. The van der Waals surface area contributed by atoms with Crippen LogP contribution in [0.2, 0.25) is 0 Å². The molecule has 6 nitrogen and oxygen atoms in total. The van der Waals surface area contributed by atoms with E-state index in [0.29, 0.717) is 17.9 Å². The average Bonchev–Trinajstić information content (AvgIpc) is 3.28. The molecule has 1 heterocycles. The summed E-state index contributed by atoms with van der Waals surface area (Å²) in [7, 11) is 0. The van der Waals surface area contributed by atoms with Crippen molar-refractivity contribution in [2.24, 2.45) is 0 Å². The minimum absolute atomic E-state index is 0.0283. The molecule has 0 radical (unpaired) electrons. The van der Waals surface area contributed by atoms with E-state index < -0.39 is 12.1 Å². The highest BCUT2D eigenvalue weighted by Gasteiger charge is 2.21. The Bertz CT molecular complexity index is 1400. The van der Waals surface area contributed by atoms with Crippen LogP contribution < -0.4 is 10.1 Å². The highest BCUT2D eigenvalue weighted by molar-refractivity contribution is 7.17. The second-order valence-electron chi connectivity index (χ2n) is 9.37. The van der Waals surface area contributed by atoms with Gasteiger partial charge in [0.15, 0.2) is 0 Å². The lowest BCUT2D eigenvalue weighted by Crippen LogP contribution is -2.46. The van der Waals surface area contributed by atoms with Crippen LogP contribution in [-0.2, 0) is 6.42 Å². The smallest absolute Gasteiger partial charge is 0.335 e. The first-order chi connectivity index (χ1) is 17.3. The molecule has 3 N–H and O–H groups in total. The highest BCUT2D eigenvalue weighted by atomic mass is 32.1. The highest BCUT2D eigenvalue weighted by Crippen LogP contribution is 2.29. The number of benzene rings is 3. The number of aliphatic hydroxyl groups is 1. The second kappa shape index (κ2) is 10.9. The van der Waals surface area contributed by atoms with Crippen molar-refractivity contribution in [1.29, 1.82) is 5.26 Å². The number of carboxylic acid groups (broad SMARTS) is 1. The molecule has 0 bridgehead atoms. The van der Waals surface area contributed by atoms with Crippen LogP contribution in [0.3, 0.4) is 0 Å². The summed E-state index contributed by atoms with van der Waals surface area (Å²) in [5.74, 6) is -0.611. The fourth-order valence-corrected chi connectivity index (χ4v) is 5.03. The summed E-state index contributed by atoms with van der Waals surface area (Å²) in [5, 5.41) is 36.1. The number of rotatable bonds is 10. The number of β-amino-alcohol motifs (C(OH)–C–C–N with tert-alkyl or cyclic N) is 1. The number of nitriles is 1. The maximum atomic E-state index is 11.1. The Hall–Kier alpha value is -3.70. The molecule has 0 saturated carbocycles. The van der Waals surface area contributed by atoms with Crippen LogP contribution in [0, 0.1) is 11.3 Å². The average molecular weight is 501 g/mol. The third kappa shape index (κ3) is 6.10. The van der Waals surface area contributed by atoms with E-state index in [-0.39, 0.29) is 17.7 Å². The van der Waals surface area contributed by atoms with Crippen molar-refractivity contribution in [3.63, 3.8) is 0 Å². The van der Waals surface area contributed by atoms with E-state index in [4.69, 9.17) is 9.84 Å². The van der Waals surface area contributed by atoms with E-state index in [2.05, 4.69) is 48.8 Å². The van der Waals surface area contributed by atoms with E-state index in [1.54, 1.807) is 41.7 Å². The van der Waals surface area contributed by atoms with Crippen molar-refractivity contribution in [2.45, 2.75) is 31.9 Å². The molecule has 184 valence electrons. The molecule has 1 aromatic heterocycles. The van der Waals surface area contributed by atoms with Crippen LogP contribution in [0.15, 0.2) is 72.1 Å². The third-order valence-corrected chi connectivity index (χ3v) is 7.02. The summed E-state index contributed by atoms with van der Waals surface area (Å²) >= 11 is 1.74. The summed E-state index contributed by atoms with van der Waals surface area (Å²) < 4.78 is 7.11. The minimum Gasteiger partial charge on any atom is -0.489 e. The van der Waals surface area contributed by atoms with Gasteiger partial charge in [0.1, 0.15) is 24.5 Å². The number of ether oxygens (including phenoxy) is 1. The van der Waals surface area contributed by atoms with Crippen molar-refractivity contribution >= 4 is 27.4 Å². The zero-order chi connectivity index (χ0) is 25.7. The molecule has 4 aromatic rings. The Balaban J connectivity index is 1.36. The first-order valence-electron chi connectivity index (χ1n) is 11.6. The molecule has 0 saturated heterocycles. The maximum Gasteiger partial charge on any atom is 0.335 e. The molecule has 0 spiro atoms. The molecule has 1 atom stereocenters. The number of fused-ring (bicyclic) bond motifs is 1. The standard InChI is InChI=1S/C29H28N2O4S/c1-29(2,14-23-18-36-27-6-4-3-5-25(23)27)31-16-24(32)17-35-26-13-21(11-12-22(26)15-30)19-7-9-20(10-8-19)28(33)34/h3-13,18,24,31-32H,14,16-17H2,1-2H3,(H,33,34)/t24-/m1/s1. The van der Waals surface area contributed by atoms with Gasteiger partial charge in [0.05, 0.1) is 11.1 Å². The Labute approximate surface area is 214 Å². The van der Waals surface area contributed by atoms with Crippen molar-refractivity contribution in [3.05, 3.63) is 88.8 Å². The van der Waals surface area contributed by atoms with Gasteiger partial charge in [-0.2, -0.15) is 5.26 Å². The molecule has 0 aliphatic heterocycles. The number of nitrogens with zero attached hydrogens (tertiary/aromatic N) is 1. The Morgan fingerprint density at radius 3 is 2.56 bits per heavy atom. The first kappa shape index (κ1) is 25.4. The molecule has 3 aromatic carbocycles. The number of aromatic carboxylic acids is 1. The fraction of sp³-hybridized carbons (Fsp3) is 0.241. The van der Waals surface area contributed by atoms with Gasteiger partial charge in [-0.05, 0) is 78.1 Å². The van der Waals surface area contributed by atoms with Gasteiger partial charge in [-0.3, -0.25) is 0 Å². The fourth-order valence-electron chi connectivity index (χ4n) is 4.07. The largest absolute Gasteiger partial charge is 0.489 e. The number of carbonyl (C=O) groups is 1. The number of thiophene rings is 1. The van der Waals surface area contributed by atoms with Gasteiger partial charge in [0, 0.05) is 16.8 Å². The van der Waals surface area contributed by atoms with Crippen LogP contribution in [0.5, 0.6) is 5.75 Å². The second-order valence-corrected chi connectivity index (χ2v) is 10.3. The van der Waals surface area contributed by atoms with Crippen LogP contribution >= 0.6 is 11.3 Å². The molecule has 0 aliphatic carbocycles. The van der Waals surface area contributed by atoms with Crippen LogP contribution in [0.4, 0.5) is 0 Å². The molecule has 4 rings (SSSR count). The lowest BCUT2D eigenvalue weighted by Gasteiger charge is -2.28. The van der Waals surface area contributed by atoms with E-state index >= 15 is 0 Å². The summed E-state index contributed by atoms with van der Waals surface area (Å²) in [6.45, 7) is 4.59. The summed E-state index contributed by atoms with van der Waals surface area (Å²) in [5.41, 5.74) is 3.22. The van der Waals surface area contributed by atoms with E-state index in [0.717, 1.165) is 17.5 Å². The SMILES string of the molecule is CC(C)(Cc1csc2ccccc12)NC[C@@H](O)COc1cc(-c2ccc(C(=O)O)cc2)ccc1C#N. The van der Waals surface area contributed by atoms with Gasteiger partial charge >= 0.3 is 5.97 Å². The third-order valence-electron chi connectivity index (χ3n) is 6.01. The number of nitrogens with one attached hydrogen (secondary N) is 1. The summed E-state index contributed by atoms with van der Waals surface area (Å²) in [6.07, 6.45) is 0.0554. The predicted octanol–water partition coefficient (Wildman–Crippen LogP) is 5.49. The Kier molecular flexibility index (Phi) is 7.70. The number of carboxylic acids is 1. The molecule has 0 fully saturated rings. The topological polar surface area (TPSA) is 103 Å². The minimum atomic E-state index is -0.986. The lowest BCUT2D eigenvalue weighted by atomic mass is 9.94. The molecule has 0 aliphatic rings. The molecule has 0 amide bonds. The van der Waals surface area contributed by atoms with Crippen molar-refractivity contribution in [2.75, 3.05) is 13.2 Å². The van der Waals surface area contributed by atoms with Crippen LogP contribution in [-0.4, -0.2) is 41.0 Å². The molecule has 0 unspecified atom stereocenters. The van der Waals surface area contributed by atoms with Gasteiger partial charge < -0.3 is 20.3 Å². The first-order valence-corrected chi connectivity index (χ1v) is 12.5. The van der Waals surface area contributed by atoms with E-state index in [9.17, 15) is 15.2 Å². The van der Waals surface area contributed by atoms with Crippen molar-refractivity contribution in [1.82, 2.24) is 5.32 Å². The van der Waals surface area contributed by atoms with E-state index in [1.165, 1.54) is 27.8 Å². The van der Waals surface area contributed by atoms with Crippen molar-refractivity contribution in [3.8, 4) is 22.9 Å². The molecular weight excluding hydrogens is 472 g/mol. The zero-order valence-electron chi connectivity index (χ0n) is 20.2. The van der Waals surface area contributed by atoms with Crippen LogP contribution in [0.1, 0.15) is 35.3 Å². The molecular formula is C29H28N2O4S. The summed E-state index contributed by atoms with van der Waals surface area (Å²) in [4.78, 5) is 11.1. The van der Waals surface area contributed by atoms with Gasteiger partial charge in [0.2, 0.25) is 0 Å². The van der Waals surface area contributed by atoms with Gasteiger partial charge in [-0.15, -0.1) is 11.3 Å². The lowest BCUT2D eigenvalue weighted by molar-refractivity contribution is 0.0697. The quantitative estimate of drug-likeness (QED) is 0.266. The van der Waals surface area contributed by atoms with Gasteiger partial charge in [0.25, 0.3) is 0 Å². The number of hydrogen-bond donors (Lipinski definition) is 3. The predicted molar refractivity (Wildman–Crippen MR) is 143 cm³/mol. The monoisotopic (exact) mass is 500 g/mol. The maximum absolute atomic E-state index is 11.1.